The van der Waals surface area contributed by atoms with Crippen LogP contribution in [0.1, 0.15) is 20.8 Å². The summed E-state index contributed by atoms with van der Waals surface area (Å²) in [6.45, 7) is 5.13. The van der Waals surface area contributed by atoms with Gasteiger partial charge in [-0.1, -0.05) is 19.9 Å². The van der Waals surface area contributed by atoms with E-state index >= 15 is 0 Å². The Morgan fingerprint density at radius 3 is 2.47 bits per heavy atom. The molecule has 17 heavy (non-hydrogen) atoms. The molecule has 1 aliphatic heterocycles. The second-order valence-electron chi connectivity index (χ2n) is 4.35. The molecule has 1 unspecified atom stereocenters. The van der Waals surface area contributed by atoms with Crippen molar-refractivity contribution in [3.05, 3.63) is 12.2 Å². The van der Waals surface area contributed by atoms with Crippen molar-refractivity contribution in [1.82, 2.24) is 0 Å². The number of hydrogen-bond donors (Lipinski definition) is 1. The molecule has 3 nitrogen and oxygen atoms in total. The summed E-state index contributed by atoms with van der Waals surface area (Å²) in [5.74, 6) is -0.876. The molecule has 96 valence electrons. The maximum Gasteiger partial charge on any atom is 0.397 e. The van der Waals surface area contributed by atoms with Crippen LogP contribution >= 0.6 is 0 Å². The van der Waals surface area contributed by atoms with Gasteiger partial charge in [0.25, 0.3) is 0 Å². The summed E-state index contributed by atoms with van der Waals surface area (Å²) in [6.07, 6.45) is -1.91. The van der Waals surface area contributed by atoms with Gasteiger partial charge in [-0.25, -0.2) is 4.99 Å². The van der Waals surface area contributed by atoms with Crippen molar-refractivity contribution >= 4 is 11.7 Å². The third-order valence-electron chi connectivity index (χ3n) is 2.52. The lowest BCUT2D eigenvalue weighted by molar-refractivity contribution is -0.164. The van der Waals surface area contributed by atoms with E-state index in [1.54, 1.807) is 0 Å². The fraction of sp³-hybridized carbons (Fsp3) is 0.636. The number of nitrogens with zero attached hydrogens (tertiary/aromatic N) is 2. The van der Waals surface area contributed by atoms with Crippen LogP contribution < -0.4 is 5.73 Å². The number of dihydropyridines is 1. The van der Waals surface area contributed by atoms with Gasteiger partial charge in [-0.05, 0) is 13.0 Å². The minimum absolute atomic E-state index is 0.0433. The molecule has 0 saturated heterocycles. The average Bonchev–Trinajstić information content (AvgIpc) is 2.15. The predicted molar refractivity (Wildman–Crippen MR) is 62.0 cm³/mol. The highest BCUT2D eigenvalue weighted by atomic mass is 19.4. The van der Waals surface area contributed by atoms with E-state index in [1.807, 2.05) is 13.8 Å². The number of halogens is 3. The van der Waals surface area contributed by atoms with Gasteiger partial charge >= 0.3 is 6.18 Å². The Labute approximate surface area is 98.3 Å². The Balaban J connectivity index is 2.85. The van der Waals surface area contributed by atoms with Gasteiger partial charge in [-0.3, -0.25) is 4.99 Å². The molecule has 1 rings (SSSR count). The summed E-state index contributed by atoms with van der Waals surface area (Å²) < 4.78 is 37.6. The largest absolute Gasteiger partial charge is 0.397 e. The van der Waals surface area contributed by atoms with Gasteiger partial charge in [0.2, 0.25) is 0 Å². The monoisotopic (exact) mass is 247 g/mol. The topological polar surface area (TPSA) is 50.7 Å². The Morgan fingerprint density at radius 2 is 2.06 bits per heavy atom. The van der Waals surface area contributed by atoms with E-state index in [0.29, 0.717) is 5.84 Å². The molecule has 0 bridgehead atoms. The van der Waals surface area contributed by atoms with Gasteiger partial charge in [-0.2, -0.15) is 13.2 Å². The molecule has 0 aliphatic carbocycles. The smallest absolute Gasteiger partial charge is 0.387 e. The second-order valence-corrected chi connectivity index (χ2v) is 4.35. The molecule has 0 aromatic heterocycles. The van der Waals surface area contributed by atoms with Crippen molar-refractivity contribution in [3.8, 4) is 0 Å². The van der Waals surface area contributed by atoms with Crippen molar-refractivity contribution in [2.45, 2.75) is 33.0 Å². The third-order valence-corrected chi connectivity index (χ3v) is 2.52. The summed E-state index contributed by atoms with van der Waals surface area (Å²) in [4.78, 5) is 7.89. The second kappa shape index (κ2) is 4.89. The summed E-state index contributed by atoms with van der Waals surface area (Å²) in [5, 5.41) is 0. The molecule has 1 aliphatic rings. The number of hydrogen-bond acceptors (Lipinski definition) is 2. The molecular weight excluding hydrogens is 231 g/mol. The van der Waals surface area contributed by atoms with Crippen LogP contribution in [0.5, 0.6) is 0 Å². The first-order valence-corrected chi connectivity index (χ1v) is 5.38. The number of aliphatic imine (C=N–C) groups is 2. The van der Waals surface area contributed by atoms with E-state index in [9.17, 15) is 13.2 Å². The maximum atomic E-state index is 12.5. The summed E-state index contributed by atoms with van der Waals surface area (Å²) >= 11 is 0. The van der Waals surface area contributed by atoms with Crippen molar-refractivity contribution in [1.29, 1.82) is 0 Å². The number of nitrogens with two attached hydrogens (primary N) is 1. The van der Waals surface area contributed by atoms with Crippen molar-refractivity contribution < 1.29 is 13.2 Å². The van der Waals surface area contributed by atoms with E-state index in [2.05, 4.69) is 9.98 Å². The Bertz CT molecular complexity index is 367. The molecule has 0 spiro atoms. The minimum Gasteiger partial charge on any atom is -0.387 e. The Morgan fingerprint density at radius 1 is 1.47 bits per heavy atom. The SMILES string of the molecule is CC(C)C(N)=NC1=NC(C)[C@@H](C(F)(F)F)C=C1. The quantitative estimate of drug-likeness (QED) is 0.562. The van der Waals surface area contributed by atoms with Crippen molar-refractivity contribution in [2.75, 3.05) is 0 Å². The Kier molecular flexibility index (Phi) is 3.95. The molecule has 0 aromatic rings. The van der Waals surface area contributed by atoms with Crippen LogP contribution in [-0.2, 0) is 0 Å². The molecule has 2 atom stereocenters. The van der Waals surface area contributed by atoms with Gasteiger partial charge in [0.1, 0.15) is 11.7 Å². The highest BCUT2D eigenvalue weighted by Gasteiger charge is 2.42. The van der Waals surface area contributed by atoms with Crippen molar-refractivity contribution in [2.24, 2.45) is 27.6 Å². The van der Waals surface area contributed by atoms with Gasteiger partial charge < -0.3 is 5.73 Å². The number of alkyl halides is 3. The molecule has 0 aromatic carbocycles. The van der Waals surface area contributed by atoms with Crippen LogP contribution in [0.25, 0.3) is 0 Å². The zero-order valence-electron chi connectivity index (χ0n) is 9.99. The highest BCUT2D eigenvalue weighted by molar-refractivity contribution is 6.03. The van der Waals surface area contributed by atoms with E-state index < -0.39 is 18.1 Å². The molecule has 6 heteroatoms. The van der Waals surface area contributed by atoms with E-state index in [0.717, 1.165) is 6.08 Å². The van der Waals surface area contributed by atoms with Crippen LogP contribution in [0.15, 0.2) is 22.1 Å². The number of amidine groups is 2. The summed E-state index contributed by atoms with van der Waals surface area (Å²) in [6, 6.07) is -0.862. The summed E-state index contributed by atoms with van der Waals surface area (Å²) in [5.41, 5.74) is 5.63. The lowest BCUT2D eigenvalue weighted by Gasteiger charge is -2.23. The fourth-order valence-corrected chi connectivity index (χ4v) is 1.39. The first kappa shape index (κ1) is 13.7. The highest BCUT2D eigenvalue weighted by Crippen LogP contribution is 2.33. The van der Waals surface area contributed by atoms with Gasteiger partial charge in [0, 0.05) is 5.92 Å². The third kappa shape index (κ3) is 3.57. The molecule has 2 N–H and O–H groups in total. The minimum atomic E-state index is -4.27. The van der Waals surface area contributed by atoms with E-state index in [-0.39, 0.29) is 11.8 Å². The van der Waals surface area contributed by atoms with Crippen LogP contribution in [0, 0.1) is 11.8 Å². The fourth-order valence-electron chi connectivity index (χ4n) is 1.39. The first-order valence-electron chi connectivity index (χ1n) is 5.38. The molecule has 0 amide bonds. The van der Waals surface area contributed by atoms with E-state index in [4.69, 9.17) is 5.73 Å². The molecule has 1 heterocycles. The average molecular weight is 247 g/mol. The zero-order valence-corrected chi connectivity index (χ0v) is 9.99. The van der Waals surface area contributed by atoms with Crippen LogP contribution in [0.3, 0.4) is 0 Å². The molecule has 0 fully saturated rings. The van der Waals surface area contributed by atoms with Crippen LogP contribution in [-0.4, -0.2) is 23.9 Å². The van der Waals surface area contributed by atoms with Crippen molar-refractivity contribution in [3.63, 3.8) is 0 Å². The van der Waals surface area contributed by atoms with Gasteiger partial charge in [0.15, 0.2) is 0 Å². The first-order chi connectivity index (χ1) is 7.71. The van der Waals surface area contributed by atoms with E-state index in [1.165, 1.54) is 13.0 Å². The summed E-state index contributed by atoms with van der Waals surface area (Å²) in [7, 11) is 0. The molecular formula is C11H16F3N3. The standard InChI is InChI=1S/C11H16F3N3/c1-6(2)10(15)17-9-5-4-8(7(3)16-9)11(12,13)14/h4-8H,1-3H3,(H2,15,16,17)/t7?,8-/m0/s1. The number of rotatable bonds is 1. The lowest BCUT2D eigenvalue weighted by Crippen LogP contribution is -2.32. The predicted octanol–water partition coefficient (Wildman–Crippen LogP) is 2.53. The Hall–Kier alpha value is -1.33. The van der Waals surface area contributed by atoms with Crippen LogP contribution in [0.4, 0.5) is 13.2 Å². The maximum absolute atomic E-state index is 12.5. The zero-order chi connectivity index (χ0) is 13.2. The van der Waals surface area contributed by atoms with Gasteiger partial charge in [-0.15, -0.1) is 0 Å². The normalized spacial score (nSPS) is 26.3. The molecule has 0 saturated carbocycles. The molecule has 0 radical (unpaired) electrons. The van der Waals surface area contributed by atoms with Crippen LogP contribution in [0.2, 0.25) is 0 Å². The van der Waals surface area contributed by atoms with Gasteiger partial charge in [0.05, 0.1) is 12.0 Å². The lowest BCUT2D eigenvalue weighted by atomic mass is 9.98.